The number of aromatic nitrogens is 2. The zero-order valence-corrected chi connectivity index (χ0v) is 17.5. The molecule has 11 nitrogen and oxygen atoms in total. The van der Waals surface area contributed by atoms with Crippen molar-refractivity contribution in [2.24, 2.45) is 0 Å². The summed E-state index contributed by atoms with van der Waals surface area (Å²) in [6.07, 6.45) is -0.772. The molecule has 0 aliphatic carbocycles. The summed E-state index contributed by atoms with van der Waals surface area (Å²) < 4.78 is 5.19. The Kier molecular flexibility index (Phi) is 6.85. The van der Waals surface area contributed by atoms with E-state index in [-0.39, 0.29) is 28.9 Å². The summed E-state index contributed by atoms with van der Waals surface area (Å²) in [5.74, 6) is -2.82. The maximum Gasteiger partial charge on any atom is 0.412 e. The number of hydrogen-bond donors (Lipinski definition) is 5. The quantitative estimate of drug-likeness (QED) is 0.359. The van der Waals surface area contributed by atoms with E-state index in [0.717, 1.165) is 22.5 Å². The van der Waals surface area contributed by atoms with Crippen LogP contribution < -0.4 is 16.2 Å². The van der Waals surface area contributed by atoms with Crippen LogP contribution in [0.4, 0.5) is 10.5 Å². The van der Waals surface area contributed by atoms with Crippen LogP contribution in [-0.4, -0.2) is 38.2 Å². The summed E-state index contributed by atoms with van der Waals surface area (Å²) in [4.78, 5) is 52.5. The lowest BCUT2D eigenvalue weighted by molar-refractivity contribution is -0.119. The second kappa shape index (κ2) is 9.75. The molecule has 166 valence electrons. The van der Waals surface area contributed by atoms with E-state index in [2.05, 4.69) is 20.6 Å². The predicted molar refractivity (Wildman–Crippen MR) is 115 cm³/mol. The average Bonchev–Trinajstić information content (AvgIpc) is 3.21. The van der Waals surface area contributed by atoms with Gasteiger partial charge in [-0.05, 0) is 22.6 Å². The number of nitrogens with one attached hydrogen (secondary N) is 3. The highest BCUT2D eigenvalue weighted by Gasteiger charge is 2.20. The number of rotatable bonds is 7. The summed E-state index contributed by atoms with van der Waals surface area (Å²) >= 11 is 1.09. The molecule has 1 aromatic carbocycles. The van der Waals surface area contributed by atoms with Gasteiger partial charge < -0.3 is 25.3 Å². The Hall–Kier alpha value is -4.19. The summed E-state index contributed by atoms with van der Waals surface area (Å²) in [5, 5.41) is 25.5. The molecule has 3 rings (SSSR count). The van der Waals surface area contributed by atoms with Crippen molar-refractivity contribution in [3.63, 3.8) is 0 Å². The van der Waals surface area contributed by atoms with Crippen molar-refractivity contribution in [2.45, 2.75) is 20.1 Å². The summed E-state index contributed by atoms with van der Waals surface area (Å²) in [7, 11) is 0. The number of carboxylic acid groups (broad SMARTS) is 1. The topological polar surface area (TPSA) is 171 Å². The first kappa shape index (κ1) is 22.5. The Morgan fingerprint density at radius 2 is 1.84 bits per heavy atom. The monoisotopic (exact) mass is 458 g/mol. The van der Waals surface area contributed by atoms with Gasteiger partial charge in [0, 0.05) is 13.5 Å². The molecule has 3 aromatic rings. The summed E-state index contributed by atoms with van der Waals surface area (Å²) in [6, 6.07) is 8.66. The Bertz CT molecular complexity index is 1220. The number of ether oxygens (including phenoxy) is 1. The number of amides is 2. The number of aromatic amines is 1. The number of benzene rings is 1. The van der Waals surface area contributed by atoms with Gasteiger partial charge in [-0.2, -0.15) is 0 Å². The van der Waals surface area contributed by atoms with Crippen molar-refractivity contribution in [3.05, 3.63) is 62.9 Å². The zero-order valence-electron chi connectivity index (χ0n) is 16.7. The van der Waals surface area contributed by atoms with E-state index < -0.39 is 29.1 Å². The SMILES string of the molecule is CC(=O)NCc1ccc(COC(=O)Nc2ccsc2-c2nc(C(=O)O)c(O)c(=O)[nH]2)cc1. The Balaban J connectivity index is 1.65. The minimum Gasteiger partial charge on any atom is -0.501 e. The van der Waals surface area contributed by atoms with Crippen LogP contribution in [0.3, 0.4) is 0 Å². The van der Waals surface area contributed by atoms with Crippen LogP contribution in [0.25, 0.3) is 10.7 Å². The van der Waals surface area contributed by atoms with Crippen LogP contribution in [0.2, 0.25) is 0 Å². The number of carbonyl (C=O) groups excluding carboxylic acids is 2. The summed E-state index contributed by atoms with van der Waals surface area (Å²) in [5.41, 5.74) is 0.0556. The van der Waals surface area contributed by atoms with E-state index in [0.29, 0.717) is 6.54 Å². The minimum atomic E-state index is -1.57. The van der Waals surface area contributed by atoms with E-state index in [1.807, 2.05) is 0 Å². The number of thiophene rings is 1. The maximum atomic E-state index is 12.2. The zero-order chi connectivity index (χ0) is 23.3. The van der Waals surface area contributed by atoms with Crippen LogP contribution in [0, 0.1) is 0 Å². The molecular weight excluding hydrogens is 440 g/mol. The highest BCUT2D eigenvalue weighted by Crippen LogP contribution is 2.31. The van der Waals surface area contributed by atoms with E-state index >= 15 is 0 Å². The van der Waals surface area contributed by atoms with Gasteiger partial charge in [-0.3, -0.25) is 14.9 Å². The number of H-pyrrole nitrogens is 1. The highest BCUT2D eigenvalue weighted by molar-refractivity contribution is 7.14. The first-order valence-electron chi connectivity index (χ1n) is 9.15. The Morgan fingerprint density at radius 1 is 1.16 bits per heavy atom. The fraction of sp³-hybridized carbons (Fsp3) is 0.150. The molecule has 0 aliphatic rings. The summed E-state index contributed by atoms with van der Waals surface area (Å²) in [6.45, 7) is 1.82. The van der Waals surface area contributed by atoms with Crippen LogP contribution in [0.1, 0.15) is 28.5 Å². The fourth-order valence-corrected chi connectivity index (χ4v) is 3.38. The van der Waals surface area contributed by atoms with Crippen LogP contribution in [-0.2, 0) is 22.7 Å². The molecule has 2 heterocycles. The second-order valence-electron chi connectivity index (χ2n) is 6.51. The van der Waals surface area contributed by atoms with E-state index in [9.17, 15) is 24.3 Å². The number of anilines is 1. The number of carbonyl (C=O) groups is 3. The van der Waals surface area contributed by atoms with Crippen molar-refractivity contribution >= 4 is 35.0 Å². The second-order valence-corrected chi connectivity index (χ2v) is 7.42. The van der Waals surface area contributed by atoms with Crippen molar-refractivity contribution in [1.29, 1.82) is 0 Å². The smallest absolute Gasteiger partial charge is 0.412 e. The molecule has 0 radical (unpaired) electrons. The fourth-order valence-electron chi connectivity index (χ4n) is 2.59. The third-order valence-corrected chi connectivity index (χ3v) is 5.07. The van der Waals surface area contributed by atoms with E-state index in [1.165, 1.54) is 13.0 Å². The molecule has 5 N–H and O–H groups in total. The van der Waals surface area contributed by atoms with Crippen molar-refractivity contribution in [1.82, 2.24) is 15.3 Å². The normalized spacial score (nSPS) is 10.4. The molecule has 0 unspecified atom stereocenters. The number of aromatic hydroxyl groups is 1. The van der Waals surface area contributed by atoms with E-state index in [1.54, 1.807) is 29.6 Å². The third-order valence-electron chi connectivity index (χ3n) is 4.15. The molecular formula is C20H18N4O7S. The van der Waals surface area contributed by atoms with Gasteiger partial charge in [0.25, 0.3) is 5.56 Å². The van der Waals surface area contributed by atoms with Gasteiger partial charge in [0.1, 0.15) is 6.61 Å². The lowest BCUT2D eigenvalue weighted by Crippen LogP contribution is -2.18. The van der Waals surface area contributed by atoms with Gasteiger partial charge in [0.2, 0.25) is 11.7 Å². The largest absolute Gasteiger partial charge is 0.501 e. The first-order chi connectivity index (χ1) is 15.2. The van der Waals surface area contributed by atoms with Gasteiger partial charge in [-0.25, -0.2) is 14.6 Å². The van der Waals surface area contributed by atoms with Gasteiger partial charge in [0.15, 0.2) is 11.5 Å². The molecule has 2 aromatic heterocycles. The number of hydrogen-bond acceptors (Lipinski definition) is 8. The highest BCUT2D eigenvalue weighted by atomic mass is 32.1. The van der Waals surface area contributed by atoms with Crippen molar-refractivity contribution in [3.8, 4) is 16.5 Å². The molecule has 0 spiro atoms. The van der Waals surface area contributed by atoms with Gasteiger partial charge in [0.05, 0.1) is 10.6 Å². The van der Waals surface area contributed by atoms with Gasteiger partial charge in [-0.15, -0.1) is 11.3 Å². The molecule has 0 aliphatic heterocycles. The lowest BCUT2D eigenvalue weighted by atomic mass is 10.1. The number of carboxylic acids is 1. The molecule has 0 saturated carbocycles. The number of aromatic carboxylic acids is 1. The molecule has 0 saturated heterocycles. The maximum absolute atomic E-state index is 12.2. The van der Waals surface area contributed by atoms with E-state index in [4.69, 9.17) is 9.84 Å². The lowest BCUT2D eigenvalue weighted by Gasteiger charge is -2.09. The average molecular weight is 458 g/mol. The molecule has 2 amide bonds. The Labute approximate surface area is 184 Å². The third kappa shape index (κ3) is 5.49. The standard InChI is InChI=1S/C20H18N4O7S/c1-10(25)21-8-11-2-4-12(5-3-11)9-31-20(30)22-13-6-7-32-16(13)17-23-14(19(28)29)15(26)18(27)24-17/h2-7,26H,8-9H2,1H3,(H,21,25)(H,22,30)(H,28,29)(H,23,24,27). The van der Waals surface area contributed by atoms with Crippen LogP contribution >= 0.6 is 11.3 Å². The van der Waals surface area contributed by atoms with Crippen molar-refractivity contribution in [2.75, 3.05) is 5.32 Å². The molecule has 32 heavy (non-hydrogen) atoms. The molecule has 0 atom stereocenters. The first-order valence-corrected chi connectivity index (χ1v) is 10.0. The van der Waals surface area contributed by atoms with Gasteiger partial charge in [-0.1, -0.05) is 24.3 Å². The molecule has 0 bridgehead atoms. The molecule has 0 fully saturated rings. The minimum absolute atomic E-state index is 0.0107. The number of nitrogens with zero attached hydrogens (tertiary/aromatic N) is 1. The Morgan fingerprint density at radius 3 is 2.50 bits per heavy atom. The predicted octanol–water partition coefficient (Wildman–Crippen LogP) is 2.29. The van der Waals surface area contributed by atoms with Crippen molar-refractivity contribution < 1.29 is 29.3 Å². The van der Waals surface area contributed by atoms with Gasteiger partial charge >= 0.3 is 12.1 Å². The van der Waals surface area contributed by atoms with Crippen LogP contribution in [0.5, 0.6) is 5.75 Å². The molecule has 12 heteroatoms. The van der Waals surface area contributed by atoms with Crippen LogP contribution in [0.15, 0.2) is 40.5 Å².